The molecule has 4 aromatic rings. The first-order valence-electron chi connectivity index (χ1n) is 12.6. The van der Waals surface area contributed by atoms with Crippen LogP contribution >= 0.6 is 0 Å². The standard InChI is InChI=1S/C27H29N7O4/c1-15-20(14-30-27-29-12-10-22(33-27)17-9-11-28-13-17)24(38-34-15)23-8-7-21(16(2)31-23)32-25(35)18-5-3-4-6-19(18)26(36)37/h7-13,18-19,28H,3-6,14H2,1-2H3,(H,32,35)(H,36,37)(H,29,30,33)/t18-,19-/m0/s1. The van der Waals surface area contributed by atoms with Gasteiger partial charge in [-0.3, -0.25) is 9.59 Å². The number of aromatic amines is 1. The van der Waals surface area contributed by atoms with Crippen molar-refractivity contribution in [3.63, 3.8) is 0 Å². The van der Waals surface area contributed by atoms with Gasteiger partial charge in [0.2, 0.25) is 11.9 Å². The number of carbonyl (C=O) groups is 2. The van der Waals surface area contributed by atoms with Crippen LogP contribution in [0, 0.1) is 25.7 Å². The molecule has 4 heterocycles. The second-order valence-corrected chi connectivity index (χ2v) is 9.45. The number of aromatic nitrogens is 5. The highest BCUT2D eigenvalue weighted by molar-refractivity contribution is 5.95. The minimum atomic E-state index is -0.918. The monoisotopic (exact) mass is 515 g/mol. The van der Waals surface area contributed by atoms with Gasteiger partial charge in [-0.15, -0.1) is 0 Å². The van der Waals surface area contributed by atoms with E-state index in [1.54, 1.807) is 25.3 Å². The number of anilines is 2. The lowest BCUT2D eigenvalue weighted by molar-refractivity contribution is -0.147. The second-order valence-electron chi connectivity index (χ2n) is 9.45. The highest BCUT2D eigenvalue weighted by Crippen LogP contribution is 2.32. The van der Waals surface area contributed by atoms with Gasteiger partial charge in [0.25, 0.3) is 0 Å². The van der Waals surface area contributed by atoms with Crippen LogP contribution in [0.5, 0.6) is 0 Å². The van der Waals surface area contributed by atoms with Crippen molar-refractivity contribution in [1.29, 1.82) is 0 Å². The number of pyridine rings is 1. The van der Waals surface area contributed by atoms with Gasteiger partial charge in [-0.25, -0.2) is 15.0 Å². The summed E-state index contributed by atoms with van der Waals surface area (Å²) < 4.78 is 5.61. The molecule has 0 radical (unpaired) electrons. The number of carbonyl (C=O) groups excluding carboxylic acids is 1. The Labute approximate surface area is 219 Å². The molecule has 0 saturated heterocycles. The number of aliphatic carboxylic acids is 1. The van der Waals surface area contributed by atoms with E-state index >= 15 is 0 Å². The largest absolute Gasteiger partial charge is 0.481 e. The Morgan fingerprint density at radius 2 is 1.87 bits per heavy atom. The molecule has 1 aliphatic carbocycles. The quantitative estimate of drug-likeness (QED) is 0.263. The van der Waals surface area contributed by atoms with Crippen molar-refractivity contribution >= 4 is 23.5 Å². The van der Waals surface area contributed by atoms with Crippen molar-refractivity contribution in [2.45, 2.75) is 46.1 Å². The van der Waals surface area contributed by atoms with Gasteiger partial charge in [0.05, 0.1) is 34.6 Å². The lowest BCUT2D eigenvalue weighted by Crippen LogP contribution is -2.36. The molecule has 11 heteroatoms. The topological polar surface area (TPSA) is 159 Å². The fraction of sp³-hybridized carbons (Fsp3) is 0.333. The van der Waals surface area contributed by atoms with Crippen LogP contribution in [0.15, 0.2) is 47.4 Å². The van der Waals surface area contributed by atoms with Crippen molar-refractivity contribution in [3.8, 4) is 22.7 Å². The fourth-order valence-electron chi connectivity index (χ4n) is 4.84. The molecule has 11 nitrogen and oxygen atoms in total. The molecule has 196 valence electrons. The Kier molecular flexibility index (Phi) is 7.16. The zero-order chi connectivity index (χ0) is 26.6. The van der Waals surface area contributed by atoms with E-state index in [2.05, 4.69) is 35.7 Å². The highest BCUT2D eigenvalue weighted by atomic mass is 16.5. The Hall–Kier alpha value is -4.54. The first-order valence-corrected chi connectivity index (χ1v) is 12.6. The molecular weight excluding hydrogens is 486 g/mol. The molecule has 0 aromatic carbocycles. The number of carboxylic acids is 1. The van der Waals surface area contributed by atoms with Crippen LogP contribution in [0.2, 0.25) is 0 Å². The molecule has 4 aromatic heterocycles. The van der Waals surface area contributed by atoms with Crippen molar-refractivity contribution < 1.29 is 19.2 Å². The molecule has 1 amide bonds. The van der Waals surface area contributed by atoms with E-state index in [-0.39, 0.29) is 5.91 Å². The van der Waals surface area contributed by atoms with Gasteiger partial charge in [-0.1, -0.05) is 18.0 Å². The molecule has 1 fully saturated rings. The number of hydrogen-bond acceptors (Lipinski definition) is 8. The minimum absolute atomic E-state index is 0.281. The summed E-state index contributed by atoms with van der Waals surface area (Å²) in [7, 11) is 0. The second kappa shape index (κ2) is 10.8. The Bertz CT molecular complexity index is 1450. The Morgan fingerprint density at radius 1 is 1.05 bits per heavy atom. The summed E-state index contributed by atoms with van der Waals surface area (Å²) in [5.74, 6) is -1.42. The normalized spacial score (nSPS) is 17.2. The lowest BCUT2D eigenvalue weighted by atomic mass is 9.78. The summed E-state index contributed by atoms with van der Waals surface area (Å²) in [6.07, 6.45) is 8.17. The van der Waals surface area contributed by atoms with Crippen molar-refractivity contribution in [2.24, 2.45) is 11.8 Å². The lowest BCUT2D eigenvalue weighted by Gasteiger charge is -2.27. The zero-order valence-electron chi connectivity index (χ0n) is 21.2. The van der Waals surface area contributed by atoms with Gasteiger partial charge in [0.15, 0.2) is 5.76 Å². The van der Waals surface area contributed by atoms with Crippen molar-refractivity contribution in [1.82, 2.24) is 25.1 Å². The van der Waals surface area contributed by atoms with Gasteiger partial charge in [-0.05, 0) is 51.0 Å². The maximum absolute atomic E-state index is 12.9. The molecule has 2 atom stereocenters. The molecule has 0 bridgehead atoms. The van der Waals surface area contributed by atoms with E-state index in [1.807, 2.05) is 31.5 Å². The summed E-state index contributed by atoms with van der Waals surface area (Å²) >= 11 is 0. The van der Waals surface area contributed by atoms with E-state index in [0.29, 0.717) is 53.9 Å². The van der Waals surface area contributed by atoms with Gasteiger partial charge in [-0.2, -0.15) is 0 Å². The van der Waals surface area contributed by atoms with Crippen LogP contribution in [0.1, 0.15) is 42.6 Å². The first-order chi connectivity index (χ1) is 18.4. The van der Waals surface area contributed by atoms with E-state index in [0.717, 1.165) is 29.7 Å². The van der Waals surface area contributed by atoms with Gasteiger partial charge < -0.3 is 25.2 Å². The molecule has 0 unspecified atom stereocenters. The van der Waals surface area contributed by atoms with Crippen LogP contribution in [-0.2, 0) is 16.1 Å². The van der Waals surface area contributed by atoms with E-state index in [9.17, 15) is 14.7 Å². The number of nitrogens with zero attached hydrogens (tertiary/aromatic N) is 4. The number of amides is 1. The van der Waals surface area contributed by atoms with E-state index < -0.39 is 17.8 Å². The summed E-state index contributed by atoms with van der Waals surface area (Å²) in [5.41, 5.74) is 4.99. The predicted octanol–water partition coefficient (Wildman–Crippen LogP) is 4.58. The number of carboxylic acid groups (broad SMARTS) is 1. The number of hydrogen-bond donors (Lipinski definition) is 4. The average Bonchev–Trinajstić information content (AvgIpc) is 3.59. The van der Waals surface area contributed by atoms with Crippen molar-refractivity contribution in [3.05, 3.63) is 59.8 Å². The van der Waals surface area contributed by atoms with Crippen LogP contribution in [0.25, 0.3) is 22.7 Å². The summed E-state index contributed by atoms with van der Waals surface area (Å²) in [6.45, 7) is 4.01. The first kappa shape index (κ1) is 25.1. The highest BCUT2D eigenvalue weighted by Gasteiger charge is 2.36. The molecule has 1 aliphatic rings. The molecular formula is C27H29N7O4. The van der Waals surface area contributed by atoms with E-state index in [1.165, 1.54) is 0 Å². The molecule has 4 N–H and O–H groups in total. The Morgan fingerprint density at radius 3 is 2.61 bits per heavy atom. The third-order valence-electron chi connectivity index (χ3n) is 6.95. The molecule has 0 spiro atoms. The third-order valence-corrected chi connectivity index (χ3v) is 6.95. The molecule has 38 heavy (non-hydrogen) atoms. The number of aryl methyl sites for hydroxylation is 2. The maximum Gasteiger partial charge on any atom is 0.307 e. The fourth-order valence-corrected chi connectivity index (χ4v) is 4.84. The van der Waals surface area contributed by atoms with Gasteiger partial charge in [0.1, 0.15) is 5.69 Å². The zero-order valence-corrected chi connectivity index (χ0v) is 21.2. The predicted molar refractivity (Wildman–Crippen MR) is 140 cm³/mol. The van der Waals surface area contributed by atoms with Crippen LogP contribution in [-0.4, -0.2) is 42.1 Å². The summed E-state index contributed by atoms with van der Waals surface area (Å²) in [4.78, 5) is 41.1. The van der Waals surface area contributed by atoms with Gasteiger partial charge >= 0.3 is 5.97 Å². The summed E-state index contributed by atoms with van der Waals surface area (Å²) in [5, 5.41) is 19.8. The number of nitrogens with one attached hydrogen (secondary N) is 3. The number of rotatable bonds is 8. The maximum atomic E-state index is 12.9. The van der Waals surface area contributed by atoms with Crippen LogP contribution in [0.3, 0.4) is 0 Å². The van der Waals surface area contributed by atoms with Crippen LogP contribution in [0.4, 0.5) is 11.6 Å². The van der Waals surface area contributed by atoms with Gasteiger partial charge in [0, 0.05) is 36.3 Å². The Balaban J connectivity index is 1.30. The third kappa shape index (κ3) is 5.26. The number of H-pyrrole nitrogens is 1. The smallest absolute Gasteiger partial charge is 0.307 e. The summed E-state index contributed by atoms with van der Waals surface area (Å²) in [6, 6.07) is 7.29. The SMILES string of the molecule is Cc1nc(-c2onc(C)c2CNc2nccc(-c3cc[nH]c3)n2)ccc1NC(=O)[C@H]1CCCC[C@@H]1C(=O)O. The van der Waals surface area contributed by atoms with Crippen molar-refractivity contribution in [2.75, 3.05) is 10.6 Å². The van der Waals surface area contributed by atoms with E-state index in [4.69, 9.17) is 4.52 Å². The molecule has 5 rings (SSSR count). The molecule has 0 aliphatic heterocycles. The van der Waals surface area contributed by atoms with Crippen LogP contribution < -0.4 is 10.6 Å². The molecule has 1 saturated carbocycles. The average molecular weight is 516 g/mol. The minimum Gasteiger partial charge on any atom is -0.481 e.